The van der Waals surface area contributed by atoms with Gasteiger partial charge < -0.3 is 14.8 Å². The number of benzene rings is 1. The average molecular weight is 273 g/mol. The number of nitrogens with zero attached hydrogens (tertiary/aromatic N) is 2. The minimum absolute atomic E-state index is 0.0487. The maximum absolute atomic E-state index is 5.76. The molecule has 0 unspecified atom stereocenters. The highest BCUT2D eigenvalue weighted by Crippen LogP contribution is 2.25. The van der Waals surface area contributed by atoms with Crippen LogP contribution < -0.4 is 10.1 Å². The predicted octanol–water partition coefficient (Wildman–Crippen LogP) is 2.23. The van der Waals surface area contributed by atoms with Crippen LogP contribution in [0.25, 0.3) is 0 Å². The van der Waals surface area contributed by atoms with Crippen LogP contribution in [0.5, 0.6) is 5.75 Å². The van der Waals surface area contributed by atoms with Crippen molar-refractivity contribution in [2.24, 2.45) is 10.2 Å². The van der Waals surface area contributed by atoms with Gasteiger partial charge in [0.25, 0.3) is 0 Å². The zero-order chi connectivity index (χ0) is 14.4. The smallest absolute Gasteiger partial charge is 0.238 e. The van der Waals surface area contributed by atoms with Gasteiger partial charge in [-0.05, 0) is 36.3 Å². The summed E-state index contributed by atoms with van der Waals surface area (Å²) in [4.78, 5) is 0. The van der Waals surface area contributed by atoms with Crippen molar-refractivity contribution in [3.63, 3.8) is 0 Å². The summed E-state index contributed by atoms with van der Waals surface area (Å²) >= 11 is 0. The first kappa shape index (κ1) is 14.4. The highest BCUT2D eigenvalue weighted by Gasteiger charge is 2.17. The van der Waals surface area contributed by atoms with Crippen LogP contribution >= 0.6 is 0 Å². The number of aryl methyl sites for hydroxylation is 1. The fraction of sp³-hybridized carbons (Fsp3) is 0.333. The van der Waals surface area contributed by atoms with Crippen LogP contribution in [0.1, 0.15) is 17.2 Å². The molecule has 1 aliphatic rings. The molecule has 0 aromatic heterocycles. The van der Waals surface area contributed by atoms with Gasteiger partial charge in [0.05, 0.1) is 12.7 Å². The van der Waals surface area contributed by atoms with Gasteiger partial charge in [-0.2, -0.15) is 5.10 Å². The van der Waals surface area contributed by atoms with E-state index in [1.807, 2.05) is 19.1 Å². The van der Waals surface area contributed by atoms with E-state index in [2.05, 4.69) is 34.9 Å². The number of rotatable bonds is 4. The third kappa shape index (κ3) is 3.76. The Morgan fingerprint density at radius 2 is 2.35 bits per heavy atom. The largest absolute Gasteiger partial charge is 0.438 e. The molecule has 1 aliphatic heterocycles. The minimum Gasteiger partial charge on any atom is -0.438 e. The molecule has 1 saturated heterocycles. The fourth-order valence-electron chi connectivity index (χ4n) is 2.09. The van der Waals surface area contributed by atoms with Gasteiger partial charge in [0, 0.05) is 19.8 Å². The predicted molar refractivity (Wildman–Crippen MR) is 80.6 cm³/mol. The molecule has 0 spiro atoms. The summed E-state index contributed by atoms with van der Waals surface area (Å²) in [5.41, 5.74) is 2.18. The van der Waals surface area contributed by atoms with Crippen LogP contribution in [0.2, 0.25) is 0 Å². The highest BCUT2D eigenvalue weighted by atomic mass is 16.5. The normalized spacial score (nSPS) is 19.4. The molecule has 2 rings (SSSR count). The lowest BCUT2D eigenvalue weighted by molar-refractivity contribution is 0.0276. The molecule has 106 valence electrons. The number of ether oxygens (including phenoxy) is 2. The van der Waals surface area contributed by atoms with Gasteiger partial charge in [-0.15, -0.1) is 5.10 Å². The Balaban J connectivity index is 2.21. The molecule has 1 fully saturated rings. The summed E-state index contributed by atoms with van der Waals surface area (Å²) in [5, 5.41) is 10.5. The van der Waals surface area contributed by atoms with Crippen molar-refractivity contribution in [1.82, 2.24) is 5.32 Å². The lowest BCUT2D eigenvalue weighted by atomic mass is 10.1. The molecule has 1 aromatic carbocycles. The van der Waals surface area contributed by atoms with E-state index in [-0.39, 0.29) is 6.10 Å². The Kier molecular flexibility index (Phi) is 5.03. The zero-order valence-corrected chi connectivity index (χ0v) is 11.6. The van der Waals surface area contributed by atoms with Crippen molar-refractivity contribution in [2.75, 3.05) is 19.7 Å². The van der Waals surface area contributed by atoms with Crippen molar-refractivity contribution in [1.29, 1.82) is 0 Å². The van der Waals surface area contributed by atoms with E-state index in [1.165, 1.54) is 6.08 Å². The van der Waals surface area contributed by atoms with Crippen LogP contribution in [-0.2, 0) is 4.74 Å². The van der Waals surface area contributed by atoms with Crippen LogP contribution in [0, 0.1) is 6.92 Å². The molecular formula is C15H19N3O2. The SMILES string of the molecule is C=C/C(=N\N=C)Oc1cc(C)cc([C@@H]2CNCCO2)c1. The molecule has 0 radical (unpaired) electrons. The summed E-state index contributed by atoms with van der Waals surface area (Å²) < 4.78 is 11.4. The first-order valence-corrected chi connectivity index (χ1v) is 6.51. The second-order valence-corrected chi connectivity index (χ2v) is 4.53. The first-order chi connectivity index (χ1) is 9.72. The molecule has 1 N–H and O–H groups in total. The zero-order valence-electron chi connectivity index (χ0n) is 11.6. The van der Waals surface area contributed by atoms with E-state index in [0.717, 1.165) is 24.2 Å². The minimum atomic E-state index is 0.0487. The summed E-state index contributed by atoms with van der Waals surface area (Å²) in [6.45, 7) is 11.4. The van der Waals surface area contributed by atoms with E-state index >= 15 is 0 Å². The lowest BCUT2D eigenvalue weighted by Crippen LogP contribution is -2.33. The Bertz CT molecular complexity index is 520. The van der Waals surface area contributed by atoms with E-state index in [4.69, 9.17) is 9.47 Å². The molecular weight excluding hydrogens is 254 g/mol. The van der Waals surface area contributed by atoms with Gasteiger partial charge >= 0.3 is 0 Å². The molecule has 5 heteroatoms. The van der Waals surface area contributed by atoms with Crippen LogP contribution in [0.15, 0.2) is 41.1 Å². The van der Waals surface area contributed by atoms with E-state index in [1.54, 1.807) is 0 Å². The molecule has 5 nitrogen and oxygen atoms in total. The van der Waals surface area contributed by atoms with Crippen molar-refractivity contribution in [3.05, 3.63) is 42.0 Å². The van der Waals surface area contributed by atoms with Crippen LogP contribution in [0.3, 0.4) is 0 Å². The third-order valence-corrected chi connectivity index (χ3v) is 2.94. The molecule has 0 aliphatic carbocycles. The summed E-state index contributed by atoms with van der Waals surface area (Å²) in [6.07, 6.45) is 1.54. The van der Waals surface area contributed by atoms with Crippen molar-refractivity contribution < 1.29 is 9.47 Å². The molecule has 1 heterocycles. The Labute approximate surface area is 119 Å². The van der Waals surface area contributed by atoms with Crippen molar-refractivity contribution >= 4 is 12.6 Å². The van der Waals surface area contributed by atoms with Gasteiger partial charge in [-0.1, -0.05) is 12.6 Å². The van der Waals surface area contributed by atoms with Crippen LogP contribution in [0.4, 0.5) is 0 Å². The number of hydrogen-bond acceptors (Lipinski definition) is 5. The number of morpholine rings is 1. The van der Waals surface area contributed by atoms with E-state index in [0.29, 0.717) is 18.3 Å². The second kappa shape index (κ2) is 6.98. The maximum atomic E-state index is 5.76. The Morgan fingerprint density at radius 3 is 3.00 bits per heavy atom. The third-order valence-electron chi connectivity index (χ3n) is 2.94. The monoisotopic (exact) mass is 273 g/mol. The summed E-state index contributed by atoms with van der Waals surface area (Å²) in [7, 11) is 0. The lowest BCUT2D eigenvalue weighted by Gasteiger charge is -2.24. The molecule has 0 bridgehead atoms. The quantitative estimate of drug-likeness (QED) is 0.520. The molecule has 1 aromatic rings. The van der Waals surface area contributed by atoms with Gasteiger partial charge in [-0.3, -0.25) is 0 Å². The van der Waals surface area contributed by atoms with Gasteiger partial charge in [0.1, 0.15) is 5.75 Å². The van der Waals surface area contributed by atoms with Gasteiger partial charge in [0.2, 0.25) is 5.90 Å². The summed E-state index contributed by atoms with van der Waals surface area (Å²) in [5.74, 6) is 1.01. The molecule has 0 amide bonds. The second-order valence-electron chi connectivity index (χ2n) is 4.53. The van der Waals surface area contributed by atoms with E-state index in [9.17, 15) is 0 Å². The number of nitrogens with one attached hydrogen (secondary N) is 1. The highest BCUT2D eigenvalue weighted by molar-refractivity contribution is 5.88. The molecule has 20 heavy (non-hydrogen) atoms. The standard InChI is InChI=1S/C15H19N3O2/c1-4-15(18-16-3)20-13-8-11(2)7-12(9-13)14-10-17-5-6-19-14/h4,7-9,14,17H,1,3,5-6,10H2,2H3/b18-15+/t14-/m0/s1. The fourth-order valence-corrected chi connectivity index (χ4v) is 2.09. The van der Waals surface area contributed by atoms with Gasteiger partial charge in [0.15, 0.2) is 0 Å². The van der Waals surface area contributed by atoms with Crippen molar-refractivity contribution in [3.8, 4) is 5.75 Å². The van der Waals surface area contributed by atoms with Gasteiger partial charge in [-0.25, -0.2) is 0 Å². The average Bonchev–Trinajstić information content (AvgIpc) is 2.47. The van der Waals surface area contributed by atoms with Crippen molar-refractivity contribution in [2.45, 2.75) is 13.0 Å². The molecule has 1 atom stereocenters. The molecule has 0 saturated carbocycles. The van der Waals surface area contributed by atoms with Crippen LogP contribution in [-0.4, -0.2) is 32.3 Å². The topological polar surface area (TPSA) is 55.2 Å². The Morgan fingerprint density at radius 1 is 1.50 bits per heavy atom. The number of hydrogen-bond donors (Lipinski definition) is 1. The first-order valence-electron chi connectivity index (χ1n) is 6.51. The summed E-state index contributed by atoms with van der Waals surface area (Å²) in [6, 6.07) is 5.98. The maximum Gasteiger partial charge on any atom is 0.238 e. The Hall–Kier alpha value is -1.98. The van der Waals surface area contributed by atoms with E-state index < -0.39 is 0 Å².